The number of benzene rings is 4. The molecule has 0 bridgehead atoms. The second-order valence-corrected chi connectivity index (χ2v) is 19.3. The molecular weight excluding hydrogens is 952 g/mol. The Morgan fingerprint density at radius 1 is 0.639 bits per heavy atom. The third-order valence-corrected chi connectivity index (χ3v) is 14.0. The van der Waals surface area contributed by atoms with E-state index in [9.17, 15) is 25.5 Å². The molecule has 0 aliphatic carbocycles. The summed E-state index contributed by atoms with van der Waals surface area (Å²) in [4.78, 5) is 24.6. The lowest BCUT2D eigenvalue weighted by Gasteiger charge is -2.32. The molecule has 2 aromatic heterocycles. The molecular formula is C57H56Cl2N6O7. The Morgan fingerprint density at radius 2 is 1.08 bits per heavy atom. The number of aliphatic hydroxyl groups is 1. The number of hydrogen-bond donors (Lipinski definition) is 2. The van der Waals surface area contributed by atoms with Crippen LogP contribution in [-0.4, -0.2) is 62.1 Å². The number of aliphatic hydroxyl groups excluding tert-OH is 1. The monoisotopic (exact) mass is 1010 g/mol. The number of likely N-dealkylation sites (tertiary alicyclic amines) is 2. The number of carboxylic acid groups (broad SMARTS) is 1. The van der Waals surface area contributed by atoms with Crippen LogP contribution in [-0.2, 0) is 44.3 Å². The van der Waals surface area contributed by atoms with Crippen molar-refractivity contribution in [3.8, 4) is 46.3 Å². The summed E-state index contributed by atoms with van der Waals surface area (Å²) < 4.78 is 25.7. The van der Waals surface area contributed by atoms with E-state index in [1.807, 2.05) is 42.5 Å². The van der Waals surface area contributed by atoms with Gasteiger partial charge in [0.15, 0.2) is 0 Å². The van der Waals surface area contributed by atoms with E-state index in [2.05, 4.69) is 64.5 Å². The molecule has 2 aliphatic heterocycles. The largest absolute Gasteiger partial charge is 0.513 e. The average molecular weight is 1010 g/mol. The van der Waals surface area contributed by atoms with E-state index >= 15 is 0 Å². The third kappa shape index (κ3) is 12.8. The summed E-state index contributed by atoms with van der Waals surface area (Å²) in [5, 5.41) is 39.6. The lowest BCUT2D eigenvalue weighted by molar-refractivity contribution is -0.143. The van der Waals surface area contributed by atoms with Gasteiger partial charge in [-0.1, -0.05) is 66.2 Å². The fourth-order valence-electron chi connectivity index (χ4n) is 9.39. The number of ether oxygens (including phenoxy) is 4. The highest BCUT2D eigenvalue weighted by molar-refractivity contribution is 6.32. The molecule has 0 radical (unpaired) electrons. The first-order chi connectivity index (χ1) is 34.8. The molecule has 0 amide bonds. The van der Waals surface area contributed by atoms with Crippen LogP contribution in [0.5, 0.6) is 23.0 Å². The van der Waals surface area contributed by atoms with Crippen LogP contribution in [0, 0.1) is 48.3 Å². The minimum absolute atomic E-state index is 0.00307. The number of pyridine rings is 2. The van der Waals surface area contributed by atoms with Gasteiger partial charge in [-0.05, 0) is 110 Å². The molecule has 72 heavy (non-hydrogen) atoms. The summed E-state index contributed by atoms with van der Waals surface area (Å²) in [7, 11) is 0. The number of hydrogen-bond acceptors (Lipinski definition) is 12. The van der Waals surface area contributed by atoms with Gasteiger partial charge in [0, 0.05) is 91.3 Å². The smallest absolute Gasteiger partial charge is 0.307 e. The van der Waals surface area contributed by atoms with Crippen molar-refractivity contribution >= 4 is 29.2 Å². The van der Waals surface area contributed by atoms with Crippen LogP contribution >= 0.6 is 23.2 Å². The molecule has 2 saturated heterocycles. The Morgan fingerprint density at radius 3 is 1.53 bits per heavy atom. The normalized spacial score (nSPS) is 16.0. The fourth-order valence-corrected chi connectivity index (χ4v) is 9.88. The van der Waals surface area contributed by atoms with Crippen molar-refractivity contribution in [1.29, 1.82) is 10.5 Å². The van der Waals surface area contributed by atoms with Gasteiger partial charge >= 0.3 is 5.97 Å². The molecule has 2 aliphatic rings. The zero-order chi connectivity index (χ0) is 50.7. The number of carbonyl (C=O) groups is 1. The van der Waals surface area contributed by atoms with E-state index in [-0.39, 0.29) is 38.1 Å². The van der Waals surface area contributed by atoms with Crippen LogP contribution in [0.1, 0.15) is 81.3 Å². The van der Waals surface area contributed by atoms with E-state index in [0.29, 0.717) is 76.8 Å². The number of nitriles is 2. The Labute approximate surface area is 430 Å². The minimum Gasteiger partial charge on any atom is -0.513 e. The second kappa shape index (κ2) is 23.9. The van der Waals surface area contributed by atoms with E-state index in [1.54, 1.807) is 30.6 Å². The molecule has 0 spiro atoms. The summed E-state index contributed by atoms with van der Waals surface area (Å²) >= 11 is 13.9. The molecule has 8 rings (SSSR count). The molecule has 4 aromatic carbocycles. The highest BCUT2D eigenvalue weighted by Crippen LogP contribution is 2.39. The summed E-state index contributed by atoms with van der Waals surface area (Å²) in [6, 6.07) is 27.3. The van der Waals surface area contributed by atoms with Crippen molar-refractivity contribution in [1.82, 2.24) is 19.8 Å². The van der Waals surface area contributed by atoms with E-state index in [1.165, 1.54) is 12.4 Å². The zero-order valence-electron chi connectivity index (χ0n) is 40.4. The van der Waals surface area contributed by atoms with Gasteiger partial charge in [0.05, 0.1) is 32.8 Å². The predicted octanol–water partition coefficient (Wildman–Crippen LogP) is 11.7. The van der Waals surface area contributed by atoms with Gasteiger partial charge in [0.1, 0.15) is 61.6 Å². The van der Waals surface area contributed by atoms with Gasteiger partial charge in [0.25, 0.3) is 0 Å². The number of piperidine rings is 2. The highest BCUT2D eigenvalue weighted by atomic mass is 35.5. The standard InChI is InChI=1S/C57H56Cl2N6O7/c1-36-45(34-71-55-20-53(69-32-41-16-39(22-60)24-62-26-41)47(18-51(55)58)30-64-14-6-10-43(28-64)38(3)66)8-4-12-49(36)50-13-5-9-46(37(50)2)35-72-56-21-54(70-33-42-17-40(23-61)25-63-27-42)48(19-52(56)59)31-65-15-7-11-44(29-65)57(67)68/h4-5,8-9,12-13,16-21,24-27,43-44,66H,3,6-7,10-11,14-15,28-35H2,1-2H3,(H,67,68)/t43-,44-/m0/s1. The number of aromatic nitrogens is 2. The molecule has 370 valence electrons. The molecule has 0 saturated carbocycles. The summed E-state index contributed by atoms with van der Waals surface area (Å²) in [6.07, 6.45) is 9.57. The first-order valence-corrected chi connectivity index (χ1v) is 24.7. The van der Waals surface area contributed by atoms with Crippen molar-refractivity contribution < 1.29 is 34.0 Å². The number of rotatable bonds is 19. The molecule has 15 heteroatoms. The minimum atomic E-state index is -0.797. The van der Waals surface area contributed by atoms with Gasteiger partial charge in [-0.25, -0.2) is 0 Å². The molecule has 2 atom stereocenters. The quantitative estimate of drug-likeness (QED) is 0.0734. The Balaban J connectivity index is 0.993. The van der Waals surface area contributed by atoms with Crippen LogP contribution in [0.2, 0.25) is 10.0 Å². The van der Waals surface area contributed by atoms with Gasteiger partial charge in [-0.3, -0.25) is 24.6 Å². The number of nitrogens with zero attached hydrogens (tertiary/aromatic N) is 6. The molecule has 6 aromatic rings. The number of carboxylic acids is 1. The zero-order valence-corrected chi connectivity index (χ0v) is 41.9. The lowest BCUT2D eigenvalue weighted by Crippen LogP contribution is -2.38. The van der Waals surface area contributed by atoms with Gasteiger partial charge in [-0.2, -0.15) is 10.5 Å². The van der Waals surface area contributed by atoms with E-state index in [4.69, 9.17) is 42.1 Å². The maximum Gasteiger partial charge on any atom is 0.307 e. The van der Waals surface area contributed by atoms with Crippen molar-refractivity contribution in [2.24, 2.45) is 11.8 Å². The van der Waals surface area contributed by atoms with Crippen LogP contribution < -0.4 is 18.9 Å². The average Bonchev–Trinajstić information content (AvgIpc) is 3.38. The first-order valence-electron chi connectivity index (χ1n) is 23.9. The molecule has 2 N–H and O–H groups in total. The van der Waals surface area contributed by atoms with Gasteiger partial charge in [-0.15, -0.1) is 0 Å². The maximum atomic E-state index is 11.9. The van der Waals surface area contributed by atoms with Crippen molar-refractivity contribution in [3.63, 3.8) is 0 Å². The highest BCUT2D eigenvalue weighted by Gasteiger charge is 2.27. The topological polar surface area (TPSA) is 174 Å². The maximum absolute atomic E-state index is 11.9. The van der Waals surface area contributed by atoms with Gasteiger partial charge in [0.2, 0.25) is 0 Å². The van der Waals surface area contributed by atoms with Crippen LogP contribution in [0.4, 0.5) is 0 Å². The fraction of sp³-hybridized carbons (Fsp3) is 0.316. The lowest BCUT2D eigenvalue weighted by atomic mass is 9.92. The second-order valence-electron chi connectivity index (χ2n) is 18.5. The Kier molecular flexibility index (Phi) is 17.0. The molecule has 2 fully saturated rings. The SMILES string of the molecule is C=C(O)[C@H]1CCCN(Cc2cc(Cl)c(OCc3cccc(-c4cccc(COc5cc(OCc6cncc(C#N)c6)c(CN6CCC[C@H](C(=O)O)C6)cc5Cl)c4C)c3C)cc2OCc2cncc(C#N)c2)C1. The van der Waals surface area contributed by atoms with Crippen molar-refractivity contribution in [2.45, 2.75) is 79.0 Å². The Bertz CT molecular complexity index is 2840. The van der Waals surface area contributed by atoms with Gasteiger partial charge < -0.3 is 29.2 Å². The van der Waals surface area contributed by atoms with Crippen LogP contribution in [0.3, 0.4) is 0 Å². The van der Waals surface area contributed by atoms with E-state index in [0.717, 1.165) is 88.0 Å². The van der Waals surface area contributed by atoms with Crippen LogP contribution in [0.15, 0.2) is 110 Å². The molecule has 0 unspecified atom stereocenters. The van der Waals surface area contributed by atoms with Crippen LogP contribution in [0.25, 0.3) is 11.1 Å². The predicted molar refractivity (Wildman–Crippen MR) is 275 cm³/mol. The summed E-state index contributed by atoms with van der Waals surface area (Å²) in [5.74, 6) is 0.980. The van der Waals surface area contributed by atoms with Crippen molar-refractivity contribution in [2.75, 3.05) is 26.2 Å². The first kappa shape index (κ1) is 51.2. The third-order valence-electron chi connectivity index (χ3n) is 13.4. The summed E-state index contributed by atoms with van der Waals surface area (Å²) in [5.41, 5.74) is 10.1. The van der Waals surface area contributed by atoms with E-state index < -0.39 is 11.9 Å². The summed E-state index contributed by atoms with van der Waals surface area (Å²) in [6.45, 7) is 12.4. The molecule has 13 nitrogen and oxygen atoms in total. The molecule has 4 heterocycles. The number of aliphatic carboxylic acids is 1. The van der Waals surface area contributed by atoms with Crippen molar-refractivity contribution in [3.05, 3.63) is 176 Å². The number of halogens is 2. The Hall–Kier alpha value is -7.13.